The molecule has 1 atom stereocenters. The van der Waals surface area contributed by atoms with Crippen LogP contribution in [0.1, 0.15) is 28.4 Å². The van der Waals surface area contributed by atoms with E-state index in [2.05, 4.69) is 10.3 Å². The van der Waals surface area contributed by atoms with E-state index < -0.39 is 34.4 Å². The number of hydrogen-bond acceptors (Lipinski definition) is 8. The number of pyridine rings is 1. The maximum Gasteiger partial charge on any atom is 0.343 e. The van der Waals surface area contributed by atoms with Crippen LogP contribution >= 0.6 is 0 Å². The minimum Gasteiger partial charge on any atom is -0.860 e. The summed E-state index contributed by atoms with van der Waals surface area (Å²) in [5, 5.41) is 25.4. The normalized spacial score (nSPS) is 14.3. The van der Waals surface area contributed by atoms with E-state index >= 15 is 0 Å². The Morgan fingerprint density at radius 3 is 2.36 bits per heavy atom. The Kier molecular flexibility index (Phi) is 7.46. The molecule has 33 heavy (non-hydrogen) atoms. The van der Waals surface area contributed by atoms with E-state index in [0.29, 0.717) is 5.56 Å². The summed E-state index contributed by atoms with van der Waals surface area (Å²) in [6.45, 7) is 5.67. The average molecular weight is 458 g/mol. The van der Waals surface area contributed by atoms with Gasteiger partial charge in [0.05, 0.1) is 37.8 Å². The van der Waals surface area contributed by atoms with Gasteiger partial charge in [0.15, 0.2) is 0 Å². The molecule has 0 aliphatic carbocycles. The molecule has 0 amide bonds. The van der Waals surface area contributed by atoms with Crippen molar-refractivity contribution in [3.63, 3.8) is 0 Å². The van der Waals surface area contributed by atoms with Crippen LogP contribution in [0.4, 0.5) is 0 Å². The maximum atomic E-state index is 12.8. The van der Waals surface area contributed by atoms with Crippen molar-refractivity contribution in [2.45, 2.75) is 12.8 Å². The van der Waals surface area contributed by atoms with Gasteiger partial charge < -0.3 is 29.3 Å². The predicted octanol–water partition coefficient (Wildman–Crippen LogP) is -1.72. The van der Waals surface area contributed by atoms with Crippen LogP contribution in [0, 0.1) is 6.92 Å². The van der Waals surface area contributed by atoms with Gasteiger partial charge in [0.2, 0.25) is 0 Å². The van der Waals surface area contributed by atoms with Crippen molar-refractivity contribution in [1.29, 1.82) is 0 Å². The van der Waals surface area contributed by atoms with Crippen molar-refractivity contribution in [3.05, 3.63) is 84.3 Å². The number of hydrogen-bond donors (Lipinski definition) is 2. The third-order valence-electron chi connectivity index (χ3n) is 5.26. The molecular formula is C22H26N4O7. The van der Waals surface area contributed by atoms with Gasteiger partial charge in [-0.2, -0.15) is 0 Å². The Labute approximate surface area is 188 Å². The fourth-order valence-electron chi connectivity index (χ4n) is 3.57. The van der Waals surface area contributed by atoms with Gasteiger partial charge in [0.25, 0.3) is 5.56 Å². The molecule has 0 aromatic carbocycles. The highest BCUT2D eigenvalue weighted by Gasteiger charge is 2.29. The summed E-state index contributed by atoms with van der Waals surface area (Å²) in [6.07, 6.45) is 2.85. The number of aryl methyl sites for hydroxylation is 1. The summed E-state index contributed by atoms with van der Waals surface area (Å²) in [5.41, 5.74) is -2.87. The fraction of sp³-hybridized carbons (Fsp3) is 0.364. The van der Waals surface area contributed by atoms with Crippen molar-refractivity contribution >= 4 is 0 Å². The molecule has 3 aromatic heterocycles. The minimum atomic E-state index is -1.26. The standard InChI is InChI=1S/C18H17N3O6.C4H9NO/c1-9-7-11(22)13(17(25)27-9)12(10-5-4-6-19-8-10)14-15(23)20(2)18(26)21(3)16(14)24;1-3-6-4-2-5-1/h4-8,12,22-23H,1-3H3;5H,1-4H2. The van der Waals surface area contributed by atoms with E-state index in [1.165, 1.54) is 39.5 Å². The number of rotatable bonds is 3. The average Bonchev–Trinajstić information content (AvgIpc) is 2.82. The van der Waals surface area contributed by atoms with E-state index in [4.69, 9.17) is 9.15 Å². The predicted molar refractivity (Wildman–Crippen MR) is 115 cm³/mol. The van der Waals surface area contributed by atoms with E-state index in [1.54, 1.807) is 12.1 Å². The van der Waals surface area contributed by atoms with Crippen LogP contribution in [-0.2, 0) is 18.8 Å². The third-order valence-corrected chi connectivity index (χ3v) is 5.26. The Balaban J connectivity index is 0.000000442. The summed E-state index contributed by atoms with van der Waals surface area (Å²) >= 11 is 0. The fourth-order valence-corrected chi connectivity index (χ4v) is 3.57. The SMILES string of the molecule is C1COCC[NH2+]1.Cc1cc(O)c(C(c2cccnc2)c2c([O-])n(C)c(=O)n(C)c2=O)c(=O)o1. The quantitative estimate of drug-likeness (QED) is 0.469. The molecule has 1 saturated heterocycles. The molecular weight excluding hydrogens is 432 g/mol. The number of ether oxygens (including phenoxy) is 1. The lowest BCUT2D eigenvalue weighted by atomic mass is 9.87. The van der Waals surface area contributed by atoms with Crippen LogP contribution in [0.5, 0.6) is 11.6 Å². The lowest BCUT2D eigenvalue weighted by molar-refractivity contribution is -0.670. The summed E-state index contributed by atoms with van der Waals surface area (Å²) in [5.74, 6) is -2.38. The van der Waals surface area contributed by atoms with Crippen molar-refractivity contribution in [2.24, 2.45) is 14.1 Å². The molecule has 1 fully saturated rings. The molecule has 11 heteroatoms. The van der Waals surface area contributed by atoms with E-state index in [0.717, 1.165) is 35.4 Å². The van der Waals surface area contributed by atoms with Gasteiger partial charge in [-0.15, -0.1) is 0 Å². The lowest BCUT2D eigenvalue weighted by Gasteiger charge is -2.25. The molecule has 11 nitrogen and oxygen atoms in total. The van der Waals surface area contributed by atoms with Gasteiger partial charge in [-0.1, -0.05) is 6.07 Å². The Bertz CT molecular complexity index is 1280. The molecule has 176 valence electrons. The Morgan fingerprint density at radius 1 is 1.15 bits per heavy atom. The minimum absolute atomic E-state index is 0.168. The van der Waals surface area contributed by atoms with Gasteiger partial charge in [-0.3, -0.25) is 14.3 Å². The van der Waals surface area contributed by atoms with Gasteiger partial charge in [0, 0.05) is 38.1 Å². The number of nitrogens with two attached hydrogens (primary N) is 1. The summed E-state index contributed by atoms with van der Waals surface area (Å²) in [6, 6.07) is 4.34. The molecule has 4 rings (SSSR count). The first-order valence-corrected chi connectivity index (χ1v) is 10.3. The summed E-state index contributed by atoms with van der Waals surface area (Å²) in [7, 11) is 2.46. The second-order valence-corrected chi connectivity index (χ2v) is 7.57. The molecule has 4 heterocycles. The highest BCUT2D eigenvalue weighted by atomic mass is 16.5. The van der Waals surface area contributed by atoms with Crippen molar-refractivity contribution in [3.8, 4) is 11.6 Å². The molecule has 1 unspecified atom stereocenters. The summed E-state index contributed by atoms with van der Waals surface area (Å²) < 4.78 is 11.6. The second kappa shape index (κ2) is 10.3. The number of aromatic hydroxyl groups is 1. The van der Waals surface area contributed by atoms with Crippen molar-refractivity contribution in [1.82, 2.24) is 14.1 Å². The molecule has 1 aliphatic heterocycles. The van der Waals surface area contributed by atoms with Crippen molar-refractivity contribution < 1.29 is 24.7 Å². The lowest BCUT2D eigenvalue weighted by Crippen LogP contribution is -2.87. The van der Waals surface area contributed by atoms with Crippen LogP contribution < -0.4 is 27.3 Å². The molecule has 0 spiro atoms. The highest BCUT2D eigenvalue weighted by Crippen LogP contribution is 2.35. The van der Waals surface area contributed by atoms with Crippen LogP contribution in [0.25, 0.3) is 0 Å². The van der Waals surface area contributed by atoms with Gasteiger partial charge in [-0.05, 0) is 24.4 Å². The summed E-state index contributed by atoms with van der Waals surface area (Å²) in [4.78, 5) is 41.2. The zero-order valence-corrected chi connectivity index (χ0v) is 18.6. The van der Waals surface area contributed by atoms with Crippen LogP contribution in [0.3, 0.4) is 0 Å². The van der Waals surface area contributed by atoms with E-state index in [-0.39, 0.29) is 16.9 Å². The largest absolute Gasteiger partial charge is 0.860 e. The molecule has 3 aromatic rings. The Morgan fingerprint density at radius 2 is 1.85 bits per heavy atom. The first-order chi connectivity index (χ1) is 15.7. The van der Waals surface area contributed by atoms with Gasteiger partial charge in [-0.25, -0.2) is 9.59 Å². The van der Waals surface area contributed by atoms with E-state index in [1.807, 2.05) is 0 Å². The molecule has 0 radical (unpaired) electrons. The number of aromatic nitrogens is 3. The second-order valence-electron chi connectivity index (χ2n) is 7.57. The first kappa shape index (κ1) is 24.0. The first-order valence-electron chi connectivity index (χ1n) is 10.3. The smallest absolute Gasteiger partial charge is 0.343 e. The van der Waals surface area contributed by atoms with Gasteiger partial charge in [0.1, 0.15) is 11.5 Å². The van der Waals surface area contributed by atoms with Crippen LogP contribution in [-0.4, -0.2) is 45.5 Å². The van der Waals surface area contributed by atoms with Crippen molar-refractivity contribution in [2.75, 3.05) is 26.3 Å². The third kappa shape index (κ3) is 5.04. The molecule has 0 bridgehead atoms. The number of nitrogens with zero attached hydrogens (tertiary/aromatic N) is 3. The number of quaternary nitrogens is 1. The number of morpholine rings is 1. The molecule has 1 aliphatic rings. The van der Waals surface area contributed by atoms with Crippen LogP contribution in [0.2, 0.25) is 0 Å². The van der Waals surface area contributed by atoms with Crippen LogP contribution in [0.15, 0.2) is 49.4 Å². The topological polar surface area (TPSA) is 156 Å². The zero-order chi connectivity index (χ0) is 24.1. The Hall–Kier alpha value is -3.70. The molecule has 3 N–H and O–H groups in total. The highest BCUT2D eigenvalue weighted by molar-refractivity contribution is 5.48. The maximum absolute atomic E-state index is 12.8. The monoisotopic (exact) mass is 458 g/mol. The molecule has 0 saturated carbocycles. The van der Waals surface area contributed by atoms with E-state index in [9.17, 15) is 24.6 Å². The zero-order valence-electron chi connectivity index (χ0n) is 18.6. The van der Waals surface area contributed by atoms with Gasteiger partial charge >= 0.3 is 11.3 Å².